The van der Waals surface area contributed by atoms with E-state index >= 15 is 0 Å². The van der Waals surface area contributed by atoms with Crippen molar-refractivity contribution < 1.29 is 18.7 Å². The first kappa shape index (κ1) is 33.8. The van der Waals surface area contributed by atoms with Crippen LogP contribution < -0.4 is 15.8 Å². The lowest BCUT2D eigenvalue weighted by molar-refractivity contribution is -0.0733. The lowest BCUT2D eigenvalue weighted by Crippen LogP contribution is -2.51. The highest BCUT2D eigenvalue weighted by atomic mass is 32.1. The van der Waals surface area contributed by atoms with Gasteiger partial charge in [0.05, 0.1) is 48.4 Å². The third-order valence-corrected chi connectivity index (χ3v) is 11.0. The molecule has 0 unspecified atom stereocenters. The number of methoxy groups -OCH3 is 1. The number of hydrogen-bond acceptors (Lipinski definition) is 12. The second-order valence-electron chi connectivity index (χ2n) is 13.3. The molecule has 0 amide bonds. The molecule has 2 aliphatic heterocycles. The zero-order valence-electron chi connectivity index (χ0n) is 28.3. The van der Waals surface area contributed by atoms with Crippen molar-refractivity contribution >= 4 is 16.3 Å². The number of nitrogen functional groups attached to an aromatic ring is 1. The number of aryl methyl sites for hydroxylation is 1. The molecule has 254 valence electrons. The van der Waals surface area contributed by atoms with Crippen LogP contribution in [-0.2, 0) is 28.9 Å². The number of thiophene rings is 1. The van der Waals surface area contributed by atoms with Crippen LogP contribution in [0.1, 0.15) is 103 Å². The monoisotopic (exact) mass is 663 g/mol. The van der Waals surface area contributed by atoms with Crippen molar-refractivity contribution in [1.82, 2.24) is 25.3 Å². The molecule has 47 heavy (non-hydrogen) atoms. The predicted octanol–water partition coefficient (Wildman–Crippen LogP) is 5.42. The van der Waals surface area contributed by atoms with Crippen LogP contribution in [0.2, 0.25) is 0 Å². The van der Waals surface area contributed by atoms with Gasteiger partial charge in [-0.05, 0) is 70.0 Å². The Kier molecular flexibility index (Phi) is 11.1. The highest BCUT2D eigenvalue weighted by Crippen LogP contribution is 2.47. The number of aromatic nitrogens is 3. The van der Waals surface area contributed by atoms with Crippen LogP contribution in [-0.4, -0.2) is 79.7 Å². The molecule has 0 aromatic carbocycles. The Balaban J connectivity index is 1.41. The fraction of sp³-hybridized carbons (Fsp3) is 0.657. The van der Waals surface area contributed by atoms with Crippen LogP contribution in [0.4, 0.5) is 5.00 Å². The Bertz CT molecular complexity index is 1560. The van der Waals surface area contributed by atoms with Crippen LogP contribution in [0, 0.1) is 17.2 Å². The first-order chi connectivity index (χ1) is 23.0. The summed E-state index contributed by atoms with van der Waals surface area (Å²) >= 11 is 1.54. The molecule has 1 saturated heterocycles. The van der Waals surface area contributed by atoms with Crippen LogP contribution in [0.15, 0.2) is 4.52 Å². The van der Waals surface area contributed by atoms with E-state index in [9.17, 15) is 5.26 Å². The van der Waals surface area contributed by atoms with Crippen molar-refractivity contribution in [2.24, 2.45) is 5.92 Å². The van der Waals surface area contributed by atoms with E-state index in [-0.39, 0.29) is 11.8 Å². The van der Waals surface area contributed by atoms with Gasteiger partial charge in [0.1, 0.15) is 11.1 Å². The van der Waals surface area contributed by atoms with Gasteiger partial charge >= 0.3 is 0 Å². The molecule has 1 aliphatic carbocycles. The van der Waals surface area contributed by atoms with Crippen LogP contribution >= 0.6 is 11.3 Å². The highest BCUT2D eigenvalue weighted by molar-refractivity contribution is 7.16. The zero-order valence-corrected chi connectivity index (χ0v) is 29.1. The van der Waals surface area contributed by atoms with Crippen molar-refractivity contribution in [3.05, 3.63) is 38.5 Å². The molecule has 3 aromatic rings. The van der Waals surface area contributed by atoms with Crippen molar-refractivity contribution in [2.45, 2.75) is 89.6 Å². The minimum Gasteiger partial charge on any atom is -0.477 e. The maximum Gasteiger partial charge on any atom is 0.221 e. The summed E-state index contributed by atoms with van der Waals surface area (Å²) in [5.41, 5.74) is 11.9. The molecule has 6 rings (SSSR count). The van der Waals surface area contributed by atoms with E-state index in [0.29, 0.717) is 53.2 Å². The summed E-state index contributed by atoms with van der Waals surface area (Å²) in [4.78, 5) is 14.1. The number of fused-ring (bicyclic) bond motifs is 2. The molecule has 0 saturated carbocycles. The quantitative estimate of drug-likeness (QED) is 0.201. The average molecular weight is 664 g/mol. The molecular weight excluding hydrogens is 614 g/mol. The van der Waals surface area contributed by atoms with Crippen LogP contribution in [0.3, 0.4) is 0 Å². The van der Waals surface area contributed by atoms with E-state index in [1.54, 1.807) is 7.11 Å². The van der Waals surface area contributed by atoms with E-state index in [0.717, 1.165) is 112 Å². The van der Waals surface area contributed by atoms with Crippen LogP contribution in [0.25, 0.3) is 11.6 Å². The molecular formula is C35H49N7O4S. The fourth-order valence-electron chi connectivity index (χ4n) is 7.28. The smallest absolute Gasteiger partial charge is 0.221 e. The van der Waals surface area contributed by atoms with Gasteiger partial charge in [-0.15, -0.1) is 11.3 Å². The van der Waals surface area contributed by atoms with Gasteiger partial charge in [-0.1, -0.05) is 25.4 Å². The molecule has 11 nitrogen and oxygen atoms in total. The van der Waals surface area contributed by atoms with Crippen molar-refractivity contribution in [2.75, 3.05) is 59.4 Å². The molecule has 0 radical (unpaired) electrons. The number of ether oxygens (including phenoxy) is 3. The number of nitrogens with one attached hydrogen (secondary N) is 1. The molecule has 5 heterocycles. The molecule has 0 bridgehead atoms. The van der Waals surface area contributed by atoms with E-state index in [2.05, 4.69) is 30.1 Å². The van der Waals surface area contributed by atoms with Crippen molar-refractivity contribution in [3.63, 3.8) is 0 Å². The Morgan fingerprint density at radius 1 is 1.26 bits per heavy atom. The number of rotatable bonds is 15. The minimum atomic E-state index is -0.0412. The summed E-state index contributed by atoms with van der Waals surface area (Å²) in [6, 6.07) is 2.76. The van der Waals surface area contributed by atoms with E-state index in [1.807, 2.05) is 7.05 Å². The maximum absolute atomic E-state index is 10.0. The second kappa shape index (κ2) is 15.4. The van der Waals surface area contributed by atoms with E-state index in [1.165, 1.54) is 16.2 Å². The Morgan fingerprint density at radius 3 is 2.83 bits per heavy atom. The van der Waals surface area contributed by atoms with E-state index < -0.39 is 0 Å². The third-order valence-electron chi connectivity index (χ3n) is 9.90. The number of nitrogens with two attached hydrogens (primary N) is 1. The molecule has 3 aliphatic rings. The molecule has 3 aromatic heterocycles. The normalized spacial score (nSPS) is 20.3. The lowest BCUT2D eigenvalue weighted by Gasteiger charge is -2.42. The fourth-order valence-corrected chi connectivity index (χ4v) is 8.41. The van der Waals surface area contributed by atoms with Crippen LogP contribution in [0.5, 0.6) is 5.88 Å². The van der Waals surface area contributed by atoms with Crippen molar-refractivity contribution in [1.29, 1.82) is 5.26 Å². The van der Waals surface area contributed by atoms with Gasteiger partial charge in [-0.25, -0.2) is 4.98 Å². The number of nitriles is 1. The summed E-state index contributed by atoms with van der Waals surface area (Å²) in [6.07, 6.45) is 7.52. The average Bonchev–Trinajstić information content (AvgIpc) is 3.61. The zero-order chi connectivity index (χ0) is 32.9. The van der Waals surface area contributed by atoms with Gasteiger partial charge in [0.25, 0.3) is 0 Å². The number of nitrogens with zero attached hydrogens (tertiary/aromatic N) is 5. The van der Waals surface area contributed by atoms with Gasteiger partial charge in [-0.2, -0.15) is 10.2 Å². The lowest BCUT2D eigenvalue weighted by atomic mass is 9.81. The summed E-state index contributed by atoms with van der Waals surface area (Å²) in [6.45, 7) is 9.69. The Hall–Kier alpha value is -3.08. The van der Waals surface area contributed by atoms with Gasteiger partial charge in [0.15, 0.2) is 0 Å². The molecule has 3 N–H and O–H groups in total. The standard InChI is InChI=1S/C35H49N7O4S/c1-5-8-25-31(24-10-6-11-28-29(24)26(15-36)33(37)47-28)41-46-32(25)34-39-30-22(12-14-43-4)16-42(23-19-44-20-23)17-27(30)35(40-34)45-18-21(2)9-7-13-38-3/h21-24,38H,5-14,16-20,37H2,1-4H3/t21-,22-,24-/m0/s1. The predicted molar refractivity (Wildman–Crippen MR) is 182 cm³/mol. The van der Waals surface area contributed by atoms with Gasteiger partial charge in [0, 0.05) is 49.1 Å². The summed E-state index contributed by atoms with van der Waals surface area (Å²) in [5.74, 6) is 2.25. The second-order valence-corrected chi connectivity index (χ2v) is 14.5. The SMILES string of the molecule is CCCc1c([C@H]2CCCc3sc(N)c(C#N)c32)noc1-c1nc(OC[C@@H](C)CCCNC)c2c(n1)[C@@H](CCOC)CN(C1COC1)C2. The van der Waals surface area contributed by atoms with Gasteiger partial charge < -0.3 is 29.8 Å². The Morgan fingerprint density at radius 2 is 2.11 bits per heavy atom. The van der Waals surface area contributed by atoms with Crippen molar-refractivity contribution in [3.8, 4) is 23.5 Å². The maximum atomic E-state index is 10.0. The summed E-state index contributed by atoms with van der Waals surface area (Å²) in [5, 5.41) is 18.6. The molecule has 3 atom stereocenters. The van der Waals surface area contributed by atoms with Gasteiger partial charge in [0.2, 0.25) is 17.5 Å². The van der Waals surface area contributed by atoms with E-state index in [4.69, 9.17) is 39.6 Å². The minimum absolute atomic E-state index is 0.0412. The number of hydrogen-bond donors (Lipinski definition) is 2. The molecule has 0 spiro atoms. The largest absolute Gasteiger partial charge is 0.477 e. The summed E-state index contributed by atoms with van der Waals surface area (Å²) < 4.78 is 24.0. The van der Waals surface area contributed by atoms with Gasteiger partial charge in [-0.3, -0.25) is 4.90 Å². The Labute approximate surface area is 282 Å². The highest BCUT2D eigenvalue weighted by Gasteiger charge is 2.38. The topological polar surface area (TPSA) is 145 Å². The molecule has 1 fully saturated rings. The summed E-state index contributed by atoms with van der Waals surface area (Å²) in [7, 11) is 3.74. The third kappa shape index (κ3) is 7.06. The molecule has 12 heteroatoms. The number of anilines is 1. The first-order valence-corrected chi connectivity index (χ1v) is 18.1. The first-order valence-electron chi connectivity index (χ1n) is 17.3.